The third kappa shape index (κ3) is 4.68. The summed E-state index contributed by atoms with van der Waals surface area (Å²) in [6.45, 7) is 8.53. The Kier molecular flexibility index (Phi) is 7.37. The number of anilines is 1. The Morgan fingerprint density at radius 3 is 2.57 bits per heavy atom. The number of aryl methyl sites for hydroxylation is 1. The lowest BCUT2D eigenvalue weighted by Gasteiger charge is -2.37. The molecule has 0 bridgehead atoms. The summed E-state index contributed by atoms with van der Waals surface area (Å²) in [7, 11) is 3.87. The number of piperazine rings is 1. The highest BCUT2D eigenvalue weighted by atomic mass is 19.1. The van der Waals surface area contributed by atoms with Gasteiger partial charge in [-0.3, -0.25) is 18.9 Å². The highest BCUT2D eigenvalue weighted by molar-refractivity contribution is 6.06. The summed E-state index contributed by atoms with van der Waals surface area (Å²) < 4.78 is 19.2. The quantitative estimate of drug-likeness (QED) is 0.379. The molecule has 220 valence electrons. The predicted molar refractivity (Wildman–Crippen MR) is 162 cm³/mol. The van der Waals surface area contributed by atoms with E-state index in [-0.39, 0.29) is 22.4 Å². The largest absolute Gasteiger partial charge is 0.352 e. The molecule has 5 heterocycles. The van der Waals surface area contributed by atoms with Crippen LogP contribution in [-0.2, 0) is 7.05 Å². The first kappa shape index (κ1) is 28.1. The van der Waals surface area contributed by atoms with E-state index in [1.165, 1.54) is 6.07 Å². The lowest BCUT2D eigenvalue weighted by molar-refractivity contribution is 0.0950. The van der Waals surface area contributed by atoms with Crippen LogP contribution in [0.5, 0.6) is 0 Å². The average Bonchev–Trinajstić information content (AvgIpc) is 3.52. The molecule has 42 heavy (non-hydrogen) atoms. The van der Waals surface area contributed by atoms with Crippen LogP contribution >= 0.6 is 0 Å². The normalized spacial score (nSPS) is 18.5. The predicted octanol–water partition coefficient (Wildman–Crippen LogP) is 3.09. The van der Waals surface area contributed by atoms with Gasteiger partial charge in [-0.05, 0) is 71.0 Å². The van der Waals surface area contributed by atoms with Gasteiger partial charge in [-0.2, -0.15) is 5.26 Å². The van der Waals surface area contributed by atoms with Gasteiger partial charge in [-0.15, -0.1) is 0 Å². The maximum absolute atomic E-state index is 15.7. The van der Waals surface area contributed by atoms with Gasteiger partial charge in [-0.1, -0.05) is 0 Å². The Morgan fingerprint density at radius 1 is 1.14 bits per heavy atom. The topological polar surface area (TPSA) is 102 Å². The van der Waals surface area contributed by atoms with Gasteiger partial charge in [0, 0.05) is 51.9 Å². The Balaban J connectivity index is 1.50. The first-order chi connectivity index (χ1) is 20.2. The van der Waals surface area contributed by atoms with Crippen molar-refractivity contribution in [3.05, 3.63) is 51.4 Å². The van der Waals surface area contributed by atoms with Crippen LogP contribution in [-0.4, -0.2) is 88.1 Å². The van der Waals surface area contributed by atoms with Gasteiger partial charge < -0.3 is 19.7 Å². The molecule has 2 aliphatic rings. The number of pyridine rings is 2. The van der Waals surface area contributed by atoms with E-state index in [1.54, 1.807) is 34.2 Å². The van der Waals surface area contributed by atoms with Gasteiger partial charge in [0.05, 0.1) is 28.1 Å². The molecule has 1 unspecified atom stereocenters. The number of carbonyl (C=O) groups excluding carboxylic acids is 1. The van der Waals surface area contributed by atoms with Crippen molar-refractivity contribution in [2.45, 2.75) is 45.2 Å². The number of nitrogens with one attached hydrogen (secondary N) is 1. The molecule has 1 aromatic carbocycles. The molecule has 1 amide bonds. The molecular formula is C31H37FN8O2. The monoisotopic (exact) mass is 572 g/mol. The zero-order chi connectivity index (χ0) is 29.7. The molecule has 0 aliphatic carbocycles. The van der Waals surface area contributed by atoms with Crippen molar-refractivity contribution in [2.75, 3.05) is 51.2 Å². The molecule has 2 aliphatic heterocycles. The minimum Gasteiger partial charge on any atom is -0.352 e. The molecule has 1 N–H and O–H groups in total. The summed E-state index contributed by atoms with van der Waals surface area (Å²) in [5, 5.41) is 12.6. The fourth-order valence-corrected chi connectivity index (χ4v) is 6.63. The number of aromatic nitrogens is 3. The fraction of sp³-hybridized carbons (Fsp3) is 0.484. The van der Waals surface area contributed by atoms with E-state index < -0.39 is 17.2 Å². The number of nitriles is 1. The Labute approximate surface area is 243 Å². The first-order valence-corrected chi connectivity index (χ1v) is 14.7. The molecule has 4 aromatic rings. The number of nitrogens with zero attached hydrogens (tertiary/aromatic N) is 7. The van der Waals surface area contributed by atoms with E-state index in [2.05, 4.69) is 42.1 Å². The van der Waals surface area contributed by atoms with Crippen LogP contribution in [0.1, 0.15) is 49.0 Å². The number of likely N-dealkylation sites (tertiary alicyclic amines) is 1. The average molecular weight is 573 g/mol. The van der Waals surface area contributed by atoms with Crippen LogP contribution in [0.2, 0.25) is 0 Å². The van der Waals surface area contributed by atoms with Crippen molar-refractivity contribution in [1.29, 1.82) is 5.26 Å². The number of benzene rings is 1. The van der Waals surface area contributed by atoms with Gasteiger partial charge in [-0.25, -0.2) is 9.37 Å². The standard InChI is InChI=1S/C31H37FN8O2/c1-19(2)38-12-14-39(15-13-38)29-23(32)17-22-27(41)26(30(42)34-10-9-21-6-5-11-36(21)3)31-37(4)24-8-7-20(18-33)16-25(24)40(31)28(22)35-29/h7-8,16-17,19,21H,5-6,9-15H2,1-4H3,(H,34,42). The Morgan fingerprint density at radius 2 is 1.90 bits per heavy atom. The number of amides is 1. The second kappa shape index (κ2) is 11.0. The molecule has 0 spiro atoms. The fourth-order valence-electron chi connectivity index (χ4n) is 6.63. The smallest absolute Gasteiger partial charge is 0.259 e. The van der Waals surface area contributed by atoms with E-state index in [0.717, 1.165) is 44.4 Å². The minimum atomic E-state index is -0.592. The van der Waals surface area contributed by atoms with Crippen LogP contribution in [0.15, 0.2) is 29.1 Å². The number of imidazole rings is 1. The van der Waals surface area contributed by atoms with E-state index >= 15 is 4.39 Å². The van der Waals surface area contributed by atoms with Crippen LogP contribution in [0.4, 0.5) is 10.2 Å². The summed E-state index contributed by atoms with van der Waals surface area (Å²) in [6.07, 6.45) is 3.00. The van der Waals surface area contributed by atoms with Gasteiger partial charge in [0.1, 0.15) is 11.2 Å². The minimum absolute atomic E-state index is 0.0325. The number of rotatable bonds is 6. The third-order valence-corrected chi connectivity index (χ3v) is 9.09. The zero-order valence-corrected chi connectivity index (χ0v) is 24.7. The van der Waals surface area contributed by atoms with Gasteiger partial charge in [0.15, 0.2) is 17.3 Å². The lowest BCUT2D eigenvalue weighted by atomic mass is 10.1. The number of fused-ring (bicyclic) bond motifs is 5. The van der Waals surface area contributed by atoms with Gasteiger partial charge in [0.25, 0.3) is 5.91 Å². The van der Waals surface area contributed by atoms with E-state index in [4.69, 9.17) is 4.98 Å². The summed E-state index contributed by atoms with van der Waals surface area (Å²) in [5.41, 5.74) is 1.79. The maximum Gasteiger partial charge on any atom is 0.259 e. The molecule has 1 atom stereocenters. The number of carbonyl (C=O) groups is 1. The summed E-state index contributed by atoms with van der Waals surface area (Å²) in [4.78, 5) is 39.0. The van der Waals surface area contributed by atoms with Gasteiger partial charge in [0.2, 0.25) is 5.43 Å². The van der Waals surface area contributed by atoms with Crippen molar-refractivity contribution in [1.82, 2.24) is 29.1 Å². The summed E-state index contributed by atoms with van der Waals surface area (Å²) >= 11 is 0. The van der Waals surface area contributed by atoms with Crippen molar-refractivity contribution < 1.29 is 9.18 Å². The maximum atomic E-state index is 15.7. The summed E-state index contributed by atoms with van der Waals surface area (Å²) in [6, 6.07) is 9.40. The molecule has 2 fully saturated rings. The van der Waals surface area contributed by atoms with Crippen LogP contribution in [0.3, 0.4) is 0 Å². The zero-order valence-electron chi connectivity index (χ0n) is 24.7. The lowest BCUT2D eigenvalue weighted by Crippen LogP contribution is -2.49. The number of halogens is 1. The molecular weight excluding hydrogens is 535 g/mol. The van der Waals surface area contributed by atoms with Gasteiger partial charge >= 0.3 is 0 Å². The van der Waals surface area contributed by atoms with Crippen molar-refractivity contribution in [3.63, 3.8) is 0 Å². The third-order valence-electron chi connectivity index (χ3n) is 9.09. The number of hydrogen-bond acceptors (Lipinski definition) is 7. The van der Waals surface area contributed by atoms with Crippen LogP contribution < -0.4 is 15.6 Å². The summed E-state index contributed by atoms with van der Waals surface area (Å²) in [5.74, 6) is -0.905. The first-order valence-electron chi connectivity index (χ1n) is 14.7. The van der Waals surface area contributed by atoms with E-state index in [9.17, 15) is 14.9 Å². The van der Waals surface area contributed by atoms with Crippen molar-refractivity contribution in [2.24, 2.45) is 7.05 Å². The second-order valence-corrected chi connectivity index (χ2v) is 11.8. The van der Waals surface area contributed by atoms with E-state index in [0.29, 0.717) is 48.4 Å². The van der Waals surface area contributed by atoms with Crippen LogP contribution in [0, 0.1) is 17.1 Å². The highest BCUT2D eigenvalue weighted by Crippen LogP contribution is 2.29. The van der Waals surface area contributed by atoms with E-state index in [1.807, 2.05) is 4.90 Å². The Bertz CT molecular complexity index is 1790. The van der Waals surface area contributed by atoms with Crippen LogP contribution in [0.25, 0.3) is 27.7 Å². The molecule has 11 heteroatoms. The molecule has 0 saturated carbocycles. The highest BCUT2D eigenvalue weighted by Gasteiger charge is 2.28. The van der Waals surface area contributed by atoms with Crippen molar-refractivity contribution >= 4 is 39.4 Å². The molecule has 0 radical (unpaired) electrons. The number of hydrogen-bond donors (Lipinski definition) is 1. The Hall–Kier alpha value is -4.01. The molecule has 3 aromatic heterocycles. The molecule has 10 nitrogen and oxygen atoms in total. The molecule has 6 rings (SSSR count). The SMILES string of the molecule is CC(C)N1CCN(c2nc3c(cc2F)c(=O)c(C(=O)NCCC2CCCN2C)c2n(C)c4ccc(C#N)cc4n32)CC1. The van der Waals surface area contributed by atoms with Crippen molar-refractivity contribution in [3.8, 4) is 6.07 Å². The second-order valence-electron chi connectivity index (χ2n) is 11.8. The molecule has 2 saturated heterocycles.